The summed E-state index contributed by atoms with van der Waals surface area (Å²) in [5.41, 5.74) is 3.42. The molecule has 0 N–H and O–H groups in total. The molecule has 0 amide bonds. The van der Waals surface area contributed by atoms with Gasteiger partial charge in [-0.15, -0.1) is 0 Å². The molecule has 2 aromatic rings. The molecule has 3 heterocycles. The molecule has 2 aromatic heterocycles. The summed E-state index contributed by atoms with van der Waals surface area (Å²) < 4.78 is 0. The minimum atomic E-state index is 0.547. The lowest BCUT2D eigenvalue weighted by molar-refractivity contribution is 0.494. The number of anilines is 1. The summed E-state index contributed by atoms with van der Waals surface area (Å²) >= 11 is 0. The van der Waals surface area contributed by atoms with Gasteiger partial charge in [0.25, 0.3) is 0 Å². The molecular weight excluding hydrogens is 236 g/mol. The van der Waals surface area contributed by atoms with E-state index in [1.807, 2.05) is 31.7 Å². The van der Waals surface area contributed by atoms with Crippen LogP contribution in [0.5, 0.6) is 0 Å². The van der Waals surface area contributed by atoms with Crippen molar-refractivity contribution in [2.75, 3.05) is 18.0 Å². The Kier molecular flexibility index (Phi) is 3.40. The summed E-state index contributed by atoms with van der Waals surface area (Å²) in [5.74, 6) is 0.547. The maximum absolute atomic E-state index is 4.60. The second-order valence-corrected chi connectivity index (χ2v) is 5.05. The Morgan fingerprint density at radius 1 is 1.05 bits per heavy atom. The third-order valence-electron chi connectivity index (χ3n) is 3.71. The Balaban J connectivity index is 1.67. The average molecular weight is 254 g/mol. The van der Waals surface area contributed by atoms with Crippen LogP contribution in [0.3, 0.4) is 0 Å². The first-order valence-corrected chi connectivity index (χ1v) is 6.76. The summed E-state index contributed by atoms with van der Waals surface area (Å²) in [5, 5.41) is 0. The van der Waals surface area contributed by atoms with E-state index in [1.54, 1.807) is 0 Å². The van der Waals surface area contributed by atoms with E-state index in [-0.39, 0.29) is 0 Å². The quantitative estimate of drug-likeness (QED) is 0.826. The van der Waals surface area contributed by atoms with Gasteiger partial charge in [0.2, 0.25) is 0 Å². The third-order valence-corrected chi connectivity index (χ3v) is 3.71. The Bertz CT molecular complexity index is 533. The van der Waals surface area contributed by atoms with Crippen molar-refractivity contribution in [2.45, 2.75) is 25.7 Å². The van der Waals surface area contributed by atoms with Crippen molar-refractivity contribution in [2.24, 2.45) is 0 Å². The van der Waals surface area contributed by atoms with E-state index in [1.165, 1.54) is 5.69 Å². The molecule has 3 rings (SSSR count). The van der Waals surface area contributed by atoms with Crippen LogP contribution >= 0.6 is 0 Å². The highest BCUT2D eigenvalue weighted by Crippen LogP contribution is 2.28. The molecule has 4 heteroatoms. The number of pyridine rings is 1. The fourth-order valence-electron chi connectivity index (χ4n) is 2.67. The number of hydrogen-bond donors (Lipinski definition) is 0. The Labute approximate surface area is 113 Å². The molecule has 0 spiro atoms. The van der Waals surface area contributed by atoms with E-state index >= 15 is 0 Å². The lowest BCUT2D eigenvalue weighted by atomic mass is 9.93. The van der Waals surface area contributed by atoms with Crippen LogP contribution in [-0.2, 0) is 0 Å². The van der Waals surface area contributed by atoms with Gasteiger partial charge in [-0.1, -0.05) is 0 Å². The van der Waals surface area contributed by atoms with Crippen LogP contribution in [0.4, 0.5) is 5.69 Å². The third kappa shape index (κ3) is 2.72. The molecule has 1 saturated heterocycles. The number of hydrogen-bond acceptors (Lipinski definition) is 4. The van der Waals surface area contributed by atoms with Crippen molar-refractivity contribution < 1.29 is 0 Å². The van der Waals surface area contributed by atoms with Gasteiger partial charge in [-0.3, -0.25) is 15.0 Å². The lowest BCUT2D eigenvalue weighted by Crippen LogP contribution is -2.33. The number of nitrogens with zero attached hydrogens (tertiary/aromatic N) is 4. The number of piperidine rings is 1. The van der Waals surface area contributed by atoms with E-state index < -0.39 is 0 Å². The smallest absolute Gasteiger partial charge is 0.0622 e. The molecule has 0 saturated carbocycles. The zero-order valence-corrected chi connectivity index (χ0v) is 11.2. The molecule has 98 valence electrons. The fraction of sp³-hybridized carbons (Fsp3) is 0.400. The molecular formula is C15H18N4. The van der Waals surface area contributed by atoms with Crippen LogP contribution in [0.2, 0.25) is 0 Å². The predicted octanol–water partition coefficient (Wildman–Crippen LogP) is 2.56. The van der Waals surface area contributed by atoms with Crippen molar-refractivity contribution in [1.29, 1.82) is 0 Å². The number of aryl methyl sites for hydroxylation is 1. The standard InChI is InChI=1S/C15H18N4/c1-12-10-17-11-15(18-12)13-4-8-19(9-5-13)14-2-6-16-7-3-14/h2-3,6-7,10-11,13H,4-5,8-9H2,1H3. The SMILES string of the molecule is Cc1cncc(C2CCN(c3ccncc3)CC2)n1. The average Bonchev–Trinajstić information content (AvgIpc) is 2.48. The minimum Gasteiger partial charge on any atom is -0.371 e. The van der Waals surface area contributed by atoms with Crippen LogP contribution in [-0.4, -0.2) is 28.0 Å². The normalized spacial score (nSPS) is 16.6. The maximum atomic E-state index is 4.60. The molecule has 0 aliphatic carbocycles. The van der Waals surface area contributed by atoms with Crippen LogP contribution in [0.15, 0.2) is 36.9 Å². The second-order valence-electron chi connectivity index (χ2n) is 5.05. The van der Waals surface area contributed by atoms with E-state index in [0.717, 1.165) is 37.3 Å². The zero-order valence-electron chi connectivity index (χ0n) is 11.2. The van der Waals surface area contributed by atoms with E-state index in [9.17, 15) is 0 Å². The van der Waals surface area contributed by atoms with Gasteiger partial charge in [-0.05, 0) is 31.9 Å². The van der Waals surface area contributed by atoms with Crippen molar-refractivity contribution in [3.8, 4) is 0 Å². The highest BCUT2D eigenvalue weighted by Gasteiger charge is 2.21. The largest absolute Gasteiger partial charge is 0.371 e. The lowest BCUT2D eigenvalue weighted by Gasteiger charge is -2.33. The number of rotatable bonds is 2. The molecule has 0 atom stereocenters. The van der Waals surface area contributed by atoms with Gasteiger partial charge in [0.15, 0.2) is 0 Å². The predicted molar refractivity (Wildman–Crippen MR) is 75.2 cm³/mol. The highest BCUT2D eigenvalue weighted by atomic mass is 15.1. The van der Waals surface area contributed by atoms with Gasteiger partial charge < -0.3 is 4.90 Å². The summed E-state index contributed by atoms with van der Waals surface area (Å²) in [6.07, 6.45) is 9.72. The summed E-state index contributed by atoms with van der Waals surface area (Å²) in [4.78, 5) is 15.3. The molecule has 1 aliphatic rings. The topological polar surface area (TPSA) is 41.9 Å². The first-order valence-electron chi connectivity index (χ1n) is 6.76. The second kappa shape index (κ2) is 5.34. The van der Waals surface area contributed by atoms with Crippen LogP contribution in [0, 0.1) is 6.92 Å². The zero-order chi connectivity index (χ0) is 13.1. The molecule has 0 unspecified atom stereocenters. The maximum Gasteiger partial charge on any atom is 0.0622 e. The van der Waals surface area contributed by atoms with Gasteiger partial charge in [0.1, 0.15) is 0 Å². The number of aromatic nitrogens is 3. The molecule has 1 fully saturated rings. The van der Waals surface area contributed by atoms with Crippen LogP contribution in [0.25, 0.3) is 0 Å². The van der Waals surface area contributed by atoms with Crippen LogP contribution in [0.1, 0.15) is 30.1 Å². The van der Waals surface area contributed by atoms with Crippen molar-refractivity contribution in [3.63, 3.8) is 0 Å². The summed E-state index contributed by atoms with van der Waals surface area (Å²) in [6, 6.07) is 4.15. The van der Waals surface area contributed by atoms with Gasteiger partial charge in [0, 0.05) is 49.5 Å². The Morgan fingerprint density at radius 3 is 2.47 bits per heavy atom. The molecule has 0 aromatic carbocycles. The molecule has 1 aliphatic heterocycles. The molecule has 0 radical (unpaired) electrons. The fourth-order valence-corrected chi connectivity index (χ4v) is 2.67. The summed E-state index contributed by atoms with van der Waals surface area (Å²) in [6.45, 7) is 4.15. The highest BCUT2D eigenvalue weighted by molar-refractivity contribution is 5.45. The van der Waals surface area contributed by atoms with Gasteiger partial charge in [-0.2, -0.15) is 0 Å². The monoisotopic (exact) mass is 254 g/mol. The Hall–Kier alpha value is -1.97. The van der Waals surface area contributed by atoms with Gasteiger partial charge >= 0.3 is 0 Å². The molecule has 19 heavy (non-hydrogen) atoms. The Morgan fingerprint density at radius 2 is 1.79 bits per heavy atom. The first-order chi connectivity index (χ1) is 9.33. The van der Waals surface area contributed by atoms with Crippen molar-refractivity contribution in [3.05, 3.63) is 48.3 Å². The van der Waals surface area contributed by atoms with Crippen LogP contribution < -0.4 is 4.90 Å². The van der Waals surface area contributed by atoms with E-state index in [4.69, 9.17) is 0 Å². The first kappa shape index (κ1) is 12.1. The van der Waals surface area contributed by atoms with Crippen molar-refractivity contribution >= 4 is 5.69 Å². The van der Waals surface area contributed by atoms with E-state index in [2.05, 4.69) is 32.0 Å². The molecule has 4 nitrogen and oxygen atoms in total. The minimum absolute atomic E-state index is 0.547. The van der Waals surface area contributed by atoms with Crippen molar-refractivity contribution in [1.82, 2.24) is 15.0 Å². The van der Waals surface area contributed by atoms with E-state index in [0.29, 0.717) is 5.92 Å². The van der Waals surface area contributed by atoms with Gasteiger partial charge in [0.05, 0.1) is 11.4 Å². The summed E-state index contributed by atoms with van der Waals surface area (Å²) in [7, 11) is 0. The van der Waals surface area contributed by atoms with Gasteiger partial charge in [-0.25, -0.2) is 0 Å². The molecule has 0 bridgehead atoms.